The highest BCUT2D eigenvalue weighted by atomic mass is 16.5. The number of carbonyl (C=O) groups excluding carboxylic acids is 5. The first-order valence-electron chi connectivity index (χ1n) is 23.7. The number of hydrogen-bond acceptors (Lipinski definition) is 11. The van der Waals surface area contributed by atoms with E-state index in [0.717, 1.165) is 77.0 Å². The molecule has 4 amide bonds. The SMILES string of the molecule is CCCCC(=O)CC[C@H](NC(=O)CCCCCCCCCCCCCCCCC(=O)O)C(=O)O.CC[C@@H](CCCCNC(=O)COCCOCCNC(=O)COCCOC)C(N)=O. The largest absolute Gasteiger partial charge is 0.481 e. The molecule has 0 saturated heterocycles. The standard InChI is InChI=1S/C27H49NO6.C19H37N3O7/c1-2-3-18-23(29)21-22-24(27(33)34)28-25(30)19-16-14-12-10-8-6-4-5-7-9-11-13-15-17-20-26(31)32;1-3-16(19(20)25)6-4-5-7-21-17(23)14-29-13-12-27-9-8-22-18(24)15-28-11-10-26-2/h24H,2-22H2,1H3,(H,28,30)(H,31,32)(H,33,34);16H,3-15H2,1-2H3,(H2,20,25)(H,21,23)(H,22,24)/t24-;16-/m00/s1. The van der Waals surface area contributed by atoms with Gasteiger partial charge < -0.3 is 50.8 Å². The molecule has 0 aliphatic rings. The number of methoxy groups -OCH3 is 1. The Morgan fingerprint density at radius 2 is 1.03 bits per heavy atom. The minimum Gasteiger partial charge on any atom is -0.481 e. The van der Waals surface area contributed by atoms with Crippen molar-refractivity contribution in [2.24, 2.45) is 11.7 Å². The lowest BCUT2D eigenvalue weighted by Crippen LogP contribution is -2.41. The lowest BCUT2D eigenvalue weighted by Gasteiger charge is -2.14. The number of ketones is 1. The maximum absolute atomic E-state index is 12.1. The Bertz CT molecular complexity index is 1190. The van der Waals surface area contributed by atoms with Crippen LogP contribution in [0.1, 0.15) is 174 Å². The molecule has 0 aliphatic heterocycles. The molecule has 7 N–H and O–H groups in total. The van der Waals surface area contributed by atoms with Crippen LogP contribution in [0.5, 0.6) is 0 Å². The van der Waals surface area contributed by atoms with Crippen LogP contribution in [0.25, 0.3) is 0 Å². The predicted molar refractivity (Wildman–Crippen MR) is 242 cm³/mol. The predicted octanol–water partition coefficient (Wildman–Crippen LogP) is 6.02. The van der Waals surface area contributed by atoms with Gasteiger partial charge in [-0.3, -0.25) is 28.8 Å². The van der Waals surface area contributed by atoms with Gasteiger partial charge in [0.15, 0.2) is 0 Å². The number of aliphatic carboxylic acids is 2. The van der Waals surface area contributed by atoms with Crippen molar-refractivity contribution in [1.82, 2.24) is 16.0 Å². The third-order valence-corrected chi connectivity index (χ3v) is 10.2. The molecular formula is C46H86N4O13. The van der Waals surface area contributed by atoms with Crippen LogP contribution < -0.4 is 21.7 Å². The van der Waals surface area contributed by atoms with Gasteiger partial charge in [-0.05, 0) is 44.9 Å². The quantitative estimate of drug-likeness (QED) is 0.0383. The van der Waals surface area contributed by atoms with E-state index < -0.39 is 18.0 Å². The molecule has 0 radical (unpaired) electrons. The molecule has 63 heavy (non-hydrogen) atoms. The summed E-state index contributed by atoms with van der Waals surface area (Å²) in [6.45, 7) is 6.63. The average Bonchev–Trinajstić information content (AvgIpc) is 3.24. The molecule has 2 atom stereocenters. The summed E-state index contributed by atoms with van der Waals surface area (Å²) in [5.41, 5.74) is 5.29. The van der Waals surface area contributed by atoms with E-state index in [-0.39, 0.29) is 68.0 Å². The van der Waals surface area contributed by atoms with Crippen molar-refractivity contribution >= 4 is 41.4 Å². The first kappa shape index (κ1) is 61.4. The molecule has 0 aromatic heterocycles. The zero-order valence-corrected chi connectivity index (χ0v) is 39.2. The van der Waals surface area contributed by atoms with Gasteiger partial charge in [-0.2, -0.15) is 0 Å². The fourth-order valence-corrected chi connectivity index (χ4v) is 6.36. The van der Waals surface area contributed by atoms with Crippen molar-refractivity contribution in [2.45, 2.75) is 180 Å². The van der Waals surface area contributed by atoms with Crippen LogP contribution in [0.3, 0.4) is 0 Å². The molecule has 0 rings (SSSR count). The van der Waals surface area contributed by atoms with Crippen molar-refractivity contribution in [3.63, 3.8) is 0 Å². The number of Topliss-reactive ketones (excluding diaryl/α,β-unsaturated/α-hetero) is 1. The molecule has 17 nitrogen and oxygen atoms in total. The molecule has 17 heteroatoms. The number of carboxylic acids is 2. The Kier molecular flexibility index (Phi) is 45.2. The summed E-state index contributed by atoms with van der Waals surface area (Å²) >= 11 is 0. The van der Waals surface area contributed by atoms with Gasteiger partial charge in [0.2, 0.25) is 23.6 Å². The molecule has 0 unspecified atom stereocenters. The molecule has 0 spiro atoms. The lowest BCUT2D eigenvalue weighted by molar-refractivity contribution is -0.142. The van der Waals surface area contributed by atoms with Gasteiger partial charge >= 0.3 is 11.9 Å². The normalized spacial score (nSPS) is 11.8. The second-order valence-electron chi connectivity index (χ2n) is 15.9. The number of carboxylic acid groups (broad SMARTS) is 2. The van der Waals surface area contributed by atoms with Gasteiger partial charge in [0.1, 0.15) is 25.0 Å². The van der Waals surface area contributed by atoms with Crippen LogP contribution in [-0.2, 0) is 52.5 Å². The highest BCUT2D eigenvalue weighted by molar-refractivity contribution is 5.84. The van der Waals surface area contributed by atoms with Crippen LogP contribution in [0.4, 0.5) is 0 Å². The maximum atomic E-state index is 12.1. The third kappa shape index (κ3) is 46.1. The number of nitrogens with one attached hydrogen (secondary N) is 3. The fourth-order valence-electron chi connectivity index (χ4n) is 6.36. The number of ether oxygens (including phenoxy) is 4. The summed E-state index contributed by atoms with van der Waals surface area (Å²) in [6, 6.07) is -0.977. The second kappa shape index (κ2) is 46.3. The van der Waals surface area contributed by atoms with Gasteiger partial charge in [-0.25, -0.2) is 4.79 Å². The van der Waals surface area contributed by atoms with E-state index in [0.29, 0.717) is 58.8 Å². The average molecular weight is 903 g/mol. The number of amides is 4. The smallest absolute Gasteiger partial charge is 0.326 e. The second-order valence-corrected chi connectivity index (χ2v) is 15.9. The number of hydrogen-bond donors (Lipinski definition) is 6. The minimum absolute atomic E-state index is 0.00802. The third-order valence-electron chi connectivity index (χ3n) is 10.2. The summed E-state index contributed by atoms with van der Waals surface area (Å²) in [5.74, 6) is -2.70. The Hall–Kier alpha value is -3.67. The van der Waals surface area contributed by atoms with E-state index in [1.54, 1.807) is 7.11 Å². The number of primary amides is 1. The number of nitrogens with two attached hydrogens (primary N) is 1. The Morgan fingerprint density at radius 3 is 1.52 bits per heavy atom. The highest BCUT2D eigenvalue weighted by Crippen LogP contribution is 2.14. The van der Waals surface area contributed by atoms with Crippen LogP contribution in [0.2, 0.25) is 0 Å². The fraction of sp³-hybridized carbons (Fsp3) is 0.848. The lowest BCUT2D eigenvalue weighted by atomic mass is 9.99. The van der Waals surface area contributed by atoms with E-state index >= 15 is 0 Å². The van der Waals surface area contributed by atoms with Gasteiger partial charge in [0.05, 0.1) is 33.0 Å². The van der Waals surface area contributed by atoms with Crippen LogP contribution in [-0.4, -0.2) is 124 Å². The highest BCUT2D eigenvalue weighted by Gasteiger charge is 2.20. The maximum Gasteiger partial charge on any atom is 0.326 e. The Balaban J connectivity index is 0. The summed E-state index contributed by atoms with van der Waals surface area (Å²) < 4.78 is 20.4. The molecule has 0 aromatic carbocycles. The summed E-state index contributed by atoms with van der Waals surface area (Å²) in [6.07, 6.45) is 22.0. The van der Waals surface area contributed by atoms with Crippen molar-refractivity contribution in [2.75, 3.05) is 66.4 Å². The monoisotopic (exact) mass is 903 g/mol. The van der Waals surface area contributed by atoms with Crippen molar-refractivity contribution in [3.8, 4) is 0 Å². The van der Waals surface area contributed by atoms with E-state index in [4.69, 9.17) is 29.8 Å². The minimum atomic E-state index is -1.08. The van der Waals surface area contributed by atoms with Crippen molar-refractivity contribution < 1.29 is 62.7 Å². The molecule has 0 bridgehead atoms. The van der Waals surface area contributed by atoms with Crippen molar-refractivity contribution in [3.05, 3.63) is 0 Å². The van der Waals surface area contributed by atoms with E-state index in [9.17, 15) is 38.7 Å². The van der Waals surface area contributed by atoms with E-state index in [1.165, 1.54) is 51.4 Å². The summed E-state index contributed by atoms with van der Waals surface area (Å²) in [5, 5.41) is 25.9. The number of carbonyl (C=O) groups is 7. The first-order chi connectivity index (χ1) is 30.4. The zero-order chi connectivity index (χ0) is 47.2. The molecule has 0 fully saturated rings. The Morgan fingerprint density at radius 1 is 0.524 bits per heavy atom. The van der Waals surface area contributed by atoms with Crippen LogP contribution >= 0.6 is 0 Å². The van der Waals surface area contributed by atoms with Crippen molar-refractivity contribution in [1.29, 1.82) is 0 Å². The van der Waals surface area contributed by atoms with Crippen LogP contribution in [0.15, 0.2) is 0 Å². The van der Waals surface area contributed by atoms with Gasteiger partial charge in [-0.15, -0.1) is 0 Å². The molecular weight excluding hydrogens is 817 g/mol. The number of rotatable bonds is 45. The molecule has 0 heterocycles. The van der Waals surface area contributed by atoms with Gasteiger partial charge in [0.25, 0.3) is 0 Å². The summed E-state index contributed by atoms with van der Waals surface area (Å²) in [7, 11) is 1.56. The molecule has 368 valence electrons. The summed E-state index contributed by atoms with van der Waals surface area (Å²) in [4.78, 5) is 79.7. The van der Waals surface area contributed by atoms with Gasteiger partial charge in [0, 0.05) is 51.8 Å². The first-order valence-corrected chi connectivity index (χ1v) is 23.7. The topological polar surface area (TPSA) is 259 Å². The molecule has 0 saturated carbocycles. The zero-order valence-electron chi connectivity index (χ0n) is 39.2. The number of unbranched alkanes of at least 4 members (excludes halogenated alkanes) is 15. The molecule has 0 aliphatic carbocycles. The van der Waals surface area contributed by atoms with E-state index in [1.807, 2.05) is 13.8 Å². The van der Waals surface area contributed by atoms with Gasteiger partial charge in [-0.1, -0.05) is 104 Å². The Labute approximate surface area is 377 Å². The van der Waals surface area contributed by atoms with E-state index in [2.05, 4.69) is 16.0 Å². The molecule has 0 aromatic rings. The van der Waals surface area contributed by atoms with Crippen LogP contribution in [0, 0.1) is 5.92 Å².